The van der Waals surface area contributed by atoms with Crippen LogP contribution in [-0.4, -0.2) is 26.9 Å². The number of imidazole rings is 1. The maximum atomic E-state index is 13.9. The predicted octanol–water partition coefficient (Wildman–Crippen LogP) is 7.39. The molecule has 0 saturated heterocycles. The molecule has 37 heavy (non-hydrogen) atoms. The molecule has 0 radical (unpaired) electrons. The minimum atomic E-state index is -0.205. The lowest BCUT2D eigenvalue weighted by atomic mass is 9.73. The molecule has 6 heteroatoms. The standard InChI is InChI=1S/C31H35FN4O/c1-19(20-7-9-21(10-8-20)25-15-16-33-27-14-12-23(32)18-26(25)27)30-35-28-13-11-22(17-29(28)36-30)31(37)34-24-5-3-2-4-6-24/h11-21,24H,2-10H2,1H3,(H,34,37)(H,35,36). The van der Waals surface area contributed by atoms with Crippen molar-refractivity contribution < 1.29 is 9.18 Å². The van der Waals surface area contributed by atoms with E-state index < -0.39 is 0 Å². The average Bonchev–Trinajstić information content (AvgIpc) is 3.36. The Balaban J connectivity index is 1.13. The highest BCUT2D eigenvalue weighted by atomic mass is 19.1. The van der Waals surface area contributed by atoms with Crippen LogP contribution in [0.4, 0.5) is 4.39 Å². The Morgan fingerprint density at radius 2 is 1.76 bits per heavy atom. The highest BCUT2D eigenvalue weighted by Gasteiger charge is 2.29. The van der Waals surface area contributed by atoms with Crippen molar-refractivity contribution in [1.82, 2.24) is 20.3 Å². The third-order valence-corrected chi connectivity index (χ3v) is 8.79. The second kappa shape index (κ2) is 10.2. The third kappa shape index (κ3) is 4.98. The zero-order valence-electron chi connectivity index (χ0n) is 21.5. The van der Waals surface area contributed by atoms with Crippen molar-refractivity contribution in [3.05, 3.63) is 71.4 Å². The van der Waals surface area contributed by atoms with Gasteiger partial charge in [-0.25, -0.2) is 9.37 Å². The van der Waals surface area contributed by atoms with Crippen molar-refractivity contribution in [3.8, 4) is 0 Å². The van der Waals surface area contributed by atoms with Gasteiger partial charge < -0.3 is 10.3 Å². The summed E-state index contributed by atoms with van der Waals surface area (Å²) in [5.41, 5.74) is 4.62. The smallest absolute Gasteiger partial charge is 0.251 e. The van der Waals surface area contributed by atoms with E-state index in [1.165, 1.54) is 30.9 Å². The summed E-state index contributed by atoms with van der Waals surface area (Å²) in [6.07, 6.45) is 12.1. The van der Waals surface area contributed by atoms with E-state index in [4.69, 9.17) is 4.98 Å². The van der Waals surface area contributed by atoms with Gasteiger partial charge in [-0.2, -0.15) is 0 Å². The van der Waals surface area contributed by atoms with Crippen molar-refractivity contribution in [3.63, 3.8) is 0 Å². The van der Waals surface area contributed by atoms with Gasteiger partial charge in [0, 0.05) is 29.1 Å². The van der Waals surface area contributed by atoms with Crippen LogP contribution in [0.3, 0.4) is 0 Å². The molecule has 2 aliphatic carbocycles. The zero-order valence-corrected chi connectivity index (χ0v) is 21.5. The van der Waals surface area contributed by atoms with Crippen LogP contribution >= 0.6 is 0 Å². The monoisotopic (exact) mass is 498 g/mol. The maximum absolute atomic E-state index is 13.9. The number of fused-ring (bicyclic) bond motifs is 2. The van der Waals surface area contributed by atoms with Gasteiger partial charge in [-0.1, -0.05) is 26.2 Å². The Morgan fingerprint density at radius 1 is 0.973 bits per heavy atom. The Kier molecular flexibility index (Phi) is 6.66. The Morgan fingerprint density at radius 3 is 2.57 bits per heavy atom. The van der Waals surface area contributed by atoms with Crippen LogP contribution in [0, 0.1) is 11.7 Å². The Hall–Kier alpha value is -3.28. The first-order valence-electron chi connectivity index (χ1n) is 13.9. The van der Waals surface area contributed by atoms with Crippen molar-refractivity contribution in [2.75, 3.05) is 0 Å². The molecule has 4 aromatic rings. The fourth-order valence-electron chi connectivity index (χ4n) is 6.55. The molecule has 2 fully saturated rings. The predicted molar refractivity (Wildman–Crippen MR) is 145 cm³/mol. The number of H-pyrrole nitrogens is 1. The molecular weight excluding hydrogens is 463 g/mol. The highest BCUT2D eigenvalue weighted by molar-refractivity contribution is 5.97. The Labute approximate surface area is 217 Å². The fraction of sp³-hybridized carbons (Fsp3) is 0.452. The molecular formula is C31H35FN4O. The van der Waals surface area contributed by atoms with Crippen LogP contribution < -0.4 is 5.32 Å². The molecule has 1 unspecified atom stereocenters. The maximum Gasteiger partial charge on any atom is 0.251 e. The van der Waals surface area contributed by atoms with Gasteiger partial charge in [0.15, 0.2) is 0 Å². The first-order valence-corrected chi connectivity index (χ1v) is 13.9. The number of carbonyl (C=O) groups is 1. The fourth-order valence-corrected chi connectivity index (χ4v) is 6.55. The van der Waals surface area contributed by atoms with Crippen LogP contribution in [0.5, 0.6) is 0 Å². The first-order chi connectivity index (χ1) is 18.0. The molecule has 2 aliphatic rings. The molecule has 192 valence electrons. The second-order valence-electron chi connectivity index (χ2n) is 11.1. The highest BCUT2D eigenvalue weighted by Crippen LogP contribution is 2.43. The van der Waals surface area contributed by atoms with Crippen LogP contribution in [-0.2, 0) is 0 Å². The summed E-state index contributed by atoms with van der Waals surface area (Å²) < 4.78 is 13.9. The molecule has 1 atom stereocenters. The molecule has 2 saturated carbocycles. The van der Waals surface area contributed by atoms with Gasteiger partial charge in [-0.05, 0) is 98.4 Å². The number of carbonyl (C=O) groups excluding carboxylic acids is 1. The number of benzene rings is 2. The molecule has 2 aromatic heterocycles. The number of aromatic nitrogens is 3. The lowest BCUT2D eigenvalue weighted by molar-refractivity contribution is 0.0928. The van der Waals surface area contributed by atoms with E-state index >= 15 is 0 Å². The topological polar surface area (TPSA) is 70.7 Å². The van der Waals surface area contributed by atoms with Gasteiger partial charge in [0.2, 0.25) is 0 Å². The summed E-state index contributed by atoms with van der Waals surface area (Å²) in [7, 11) is 0. The number of nitrogens with one attached hydrogen (secondary N) is 2. The largest absolute Gasteiger partial charge is 0.349 e. The van der Waals surface area contributed by atoms with Crippen LogP contribution in [0.25, 0.3) is 21.9 Å². The van der Waals surface area contributed by atoms with Gasteiger partial charge in [-0.3, -0.25) is 9.78 Å². The van der Waals surface area contributed by atoms with Gasteiger partial charge in [-0.15, -0.1) is 0 Å². The molecule has 1 amide bonds. The van der Waals surface area contributed by atoms with Gasteiger partial charge >= 0.3 is 0 Å². The minimum absolute atomic E-state index is 0.0137. The third-order valence-electron chi connectivity index (χ3n) is 8.79. The molecule has 0 bridgehead atoms. The molecule has 6 rings (SSSR count). The summed E-state index contributed by atoms with van der Waals surface area (Å²) >= 11 is 0. The van der Waals surface area contributed by atoms with Crippen molar-refractivity contribution >= 4 is 27.8 Å². The van der Waals surface area contributed by atoms with E-state index in [9.17, 15) is 9.18 Å². The summed E-state index contributed by atoms with van der Waals surface area (Å²) in [5.74, 6) is 2.08. The Bertz CT molecular complexity index is 1420. The number of nitrogens with zero attached hydrogens (tertiary/aromatic N) is 2. The second-order valence-corrected chi connectivity index (χ2v) is 11.1. The first kappa shape index (κ1) is 24.1. The van der Waals surface area contributed by atoms with E-state index in [0.29, 0.717) is 29.4 Å². The van der Waals surface area contributed by atoms with E-state index in [2.05, 4.69) is 28.3 Å². The molecule has 0 aliphatic heterocycles. The van der Waals surface area contributed by atoms with Gasteiger partial charge in [0.1, 0.15) is 11.6 Å². The lowest BCUT2D eigenvalue weighted by Crippen LogP contribution is -2.36. The SMILES string of the molecule is CC(c1nc2ccc(C(=O)NC3CCCCC3)cc2[nH]1)C1CCC(c2ccnc3ccc(F)cc23)CC1. The quantitative estimate of drug-likeness (QED) is 0.301. The summed E-state index contributed by atoms with van der Waals surface area (Å²) in [5, 5.41) is 4.16. The summed E-state index contributed by atoms with van der Waals surface area (Å²) in [4.78, 5) is 25.7. The minimum Gasteiger partial charge on any atom is -0.349 e. The number of rotatable bonds is 5. The molecule has 2 aromatic carbocycles. The number of halogens is 1. The number of pyridine rings is 1. The zero-order chi connectivity index (χ0) is 25.4. The summed E-state index contributed by atoms with van der Waals surface area (Å²) in [6.45, 7) is 2.26. The van der Waals surface area contributed by atoms with Crippen LogP contribution in [0.1, 0.15) is 98.3 Å². The summed E-state index contributed by atoms with van der Waals surface area (Å²) in [6, 6.07) is 13.0. The van der Waals surface area contributed by atoms with Gasteiger partial charge in [0.25, 0.3) is 5.91 Å². The average molecular weight is 499 g/mol. The van der Waals surface area contributed by atoms with E-state index in [1.807, 2.05) is 24.4 Å². The van der Waals surface area contributed by atoms with Crippen molar-refractivity contribution in [1.29, 1.82) is 0 Å². The molecule has 2 heterocycles. The molecule has 5 nitrogen and oxygen atoms in total. The number of hydrogen-bond donors (Lipinski definition) is 2. The van der Waals surface area contributed by atoms with Gasteiger partial charge in [0.05, 0.1) is 16.6 Å². The normalized spacial score (nSPS) is 21.8. The molecule has 0 spiro atoms. The number of amides is 1. The van der Waals surface area contributed by atoms with E-state index in [0.717, 1.165) is 66.3 Å². The van der Waals surface area contributed by atoms with E-state index in [1.54, 1.807) is 12.1 Å². The number of aromatic amines is 1. The molecule has 2 N–H and O–H groups in total. The van der Waals surface area contributed by atoms with E-state index in [-0.39, 0.29) is 11.7 Å². The number of hydrogen-bond acceptors (Lipinski definition) is 3. The lowest BCUT2D eigenvalue weighted by Gasteiger charge is -2.32. The van der Waals surface area contributed by atoms with Crippen molar-refractivity contribution in [2.24, 2.45) is 5.92 Å². The van der Waals surface area contributed by atoms with Crippen LogP contribution in [0.2, 0.25) is 0 Å². The van der Waals surface area contributed by atoms with Crippen LogP contribution in [0.15, 0.2) is 48.7 Å². The van der Waals surface area contributed by atoms with Crippen molar-refractivity contribution in [2.45, 2.75) is 82.6 Å².